The molecule has 0 spiro atoms. The lowest BCUT2D eigenvalue weighted by Gasteiger charge is -2.21. The minimum absolute atomic E-state index is 0.194. The SMILES string of the molecule is NC(=S)c1ccccc1OCCN(CCO)C1CC1. The molecule has 0 aliphatic heterocycles. The van der Waals surface area contributed by atoms with Gasteiger partial charge in [-0.2, -0.15) is 0 Å². The molecule has 0 bridgehead atoms. The Morgan fingerprint density at radius 2 is 2.11 bits per heavy atom. The van der Waals surface area contributed by atoms with Crippen LogP contribution in [0.25, 0.3) is 0 Å². The summed E-state index contributed by atoms with van der Waals surface area (Å²) >= 11 is 5.00. The maximum absolute atomic E-state index is 9.03. The van der Waals surface area contributed by atoms with Gasteiger partial charge < -0.3 is 15.6 Å². The van der Waals surface area contributed by atoms with Crippen molar-refractivity contribution in [1.29, 1.82) is 0 Å². The van der Waals surface area contributed by atoms with Crippen LogP contribution in [0.1, 0.15) is 18.4 Å². The van der Waals surface area contributed by atoms with Crippen molar-refractivity contribution in [2.45, 2.75) is 18.9 Å². The molecule has 0 radical (unpaired) electrons. The fourth-order valence-corrected chi connectivity index (χ4v) is 2.28. The second-order valence-electron chi connectivity index (χ2n) is 4.70. The molecule has 0 unspecified atom stereocenters. The Hall–Kier alpha value is -1.17. The Labute approximate surface area is 119 Å². The molecular formula is C14H20N2O2S. The quantitative estimate of drug-likeness (QED) is 0.700. The smallest absolute Gasteiger partial charge is 0.129 e. The molecule has 104 valence electrons. The van der Waals surface area contributed by atoms with E-state index < -0.39 is 0 Å². The fraction of sp³-hybridized carbons (Fsp3) is 0.500. The first-order valence-corrected chi connectivity index (χ1v) is 6.99. The second kappa shape index (κ2) is 6.84. The van der Waals surface area contributed by atoms with Gasteiger partial charge in [-0.15, -0.1) is 0 Å². The first-order valence-electron chi connectivity index (χ1n) is 6.59. The maximum atomic E-state index is 9.03. The highest BCUT2D eigenvalue weighted by atomic mass is 32.1. The molecule has 4 nitrogen and oxygen atoms in total. The van der Waals surface area contributed by atoms with Crippen LogP contribution < -0.4 is 10.5 Å². The van der Waals surface area contributed by atoms with E-state index in [2.05, 4.69) is 4.90 Å². The van der Waals surface area contributed by atoms with Crippen LogP contribution >= 0.6 is 12.2 Å². The third-order valence-electron chi connectivity index (χ3n) is 3.24. The normalized spacial score (nSPS) is 14.6. The molecule has 1 aromatic rings. The second-order valence-corrected chi connectivity index (χ2v) is 5.14. The average molecular weight is 280 g/mol. The van der Waals surface area contributed by atoms with Crippen molar-refractivity contribution in [2.75, 3.05) is 26.3 Å². The Kier molecular flexibility index (Phi) is 5.13. The summed E-state index contributed by atoms with van der Waals surface area (Å²) in [6.07, 6.45) is 2.45. The Morgan fingerprint density at radius 3 is 2.74 bits per heavy atom. The monoisotopic (exact) mass is 280 g/mol. The number of benzene rings is 1. The Morgan fingerprint density at radius 1 is 1.37 bits per heavy atom. The maximum Gasteiger partial charge on any atom is 0.129 e. The van der Waals surface area contributed by atoms with Crippen molar-refractivity contribution in [1.82, 2.24) is 4.90 Å². The van der Waals surface area contributed by atoms with Crippen LogP contribution in [0.3, 0.4) is 0 Å². The molecule has 1 aliphatic rings. The zero-order valence-electron chi connectivity index (χ0n) is 10.9. The number of ether oxygens (including phenoxy) is 1. The van der Waals surface area contributed by atoms with E-state index in [4.69, 9.17) is 27.8 Å². The van der Waals surface area contributed by atoms with Gasteiger partial charge in [0, 0.05) is 19.1 Å². The van der Waals surface area contributed by atoms with Crippen LogP contribution in [0.2, 0.25) is 0 Å². The van der Waals surface area contributed by atoms with Crippen LogP contribution in [0.5, 0.6) is 5.75 Å². The molecule has 1 fully saturated rings. The van der Waals surface area contributed by atoms with E-state index in [9.17, 15) is 0 Å². The third kappa shape index (κ3) is 4.16. The van der Waals surface area contributed by atoms with Gasteiger partial charge in [0.15, 0.2) is 0 Å². The summed E-state index contributed by atoms with van der Waals surface area (Å²) in [5.41, 5.74) is 6.44. The van der Waals surface area contributed by atoms with Crippen molar-refractivity contribution in [3.63, 3.8) is 0 Å². The van der Waals surface area contributed by atoms with Gasteiger partial charge in [0.25, 0.3) is 0 Å². The number of para-hydroxylation sites is 1. The standard InChI is InChI=1S/C14H20N2O2S/c15-14(19)12-3-1-2-4-13(12)18-10-8-16(7-9-17)11-5-6-11/h1-4,11,17H,5-10H2,(H2,15,19). The van der Waals surface area contributed by atoms with Gasteiger partial charge in [0.05, 0.1) is 12.2 Å². The predicted molar refractivity (Wildman–Crippen MR) is 79.5 cm³/mol. The molecule has 0 atom stereocenters. The lowest BCUT2D eigenvalue weighted by Crippen LogP contribution is -2.33. The number of aliphatic hydroxyl groups is 1. The third-order valence-corrected chi connectivity index (χ3v) is 3.46. The van der Waals surface area contributed by atoms with E-state index in [1.165, 1.54) is 12.8 Å². The molecule has 0 amide bonds. The highest BCUT2D eigenvalue weighted by Gasteiger charge is 2.28. The first kappa shape index (κ1) is 14.2. The number of nitrogens with zero attached hydrogens (tertiary/aromatic N) is 1. The van der Waals surface area contributed by atoms with Crippen molar-refractivity contribution in [3.05, 3.63) is 29.8 Å². The lowest BCUT2D eigenvalue weighted by molar-refractivity contribution is 0.162. The molecule has 0 heterocycles. The van der Waals surface area contributed by atoms with Crippen LogP contribution in [-0.4, -0.2) is 47.3 Å². The number of hydrogen-bond donors (Lipinski definition) is 2. The zero-order chi connectivity index (χ0) is 13.7. The predicted octanol–water partition coefficient (Wildman–Crippen LogP) is 1.16. The number of nitrogens with two attached hydrogens (primary N) is 1. The van der Waals surface area contributed by atoms with Gasteiger partial charge in [0.1, 0.15) is 17.3 Å². The summed E-state index contributed by atoms with van der Waals surface area (Å²) in [6, 6.07) is 8.17. The van der Waals surface area contributed by atoms with Gasteiger partial charge in [-0.25, -0.2) is 0 Å². The van der Waals surface area contributed by atoms with Crippen molar-refractivity contribution in [3.8, 4) is 5.75 Å². The largest absolute Gasteiger partial charge is 0.492 e. The van der Waals surface area contributed by atoms with Crippen LogP contribution in [0.4, 0.5) is 0 Å². The van der Waals surface area contributed by atoms with Crippen molar-refractivity contribution in [2.24, 2.45) is 5.73 Å². The molecule has 3 N–H and O–H groups in total. The molecule has 1 aliphatic carbocycles. The summed E-state index contributed by atoms with van der Waals surface area (Å²) in [7, 11) is 0. The topological polar surface area (TPSA) is 58.7 Å². The molecular weight excluding hydrogens is 260 g/mol. The van der Waals surface area contributed by atoms with Gasteiger partial charge in [-0.1, -0.05) is 24.4 Å². The summed E-state index contributed by atoms with van der Waals surface area (Å²) in [5, 5.41) is 9.03. The lowest BCUT2D eigenvalue weighted by atomic mass is 10.2. The Balaban J connectivity index is 1.86. The molecule has 0 aromatic heterocycles. The molecule has 19 heavy (non-hydrogen) atoms. The van der Waals surface area contributed by atoms with Crippen LogP contribution in [0.15, 0.2) is 24.3 Å². The molecule has 1 saturated carbocycles. The fourth-order valence-electron chi connectivity index (χ4n) is 2.11. The van der Waals surface area contributed by atoms with E-state index >= 15 is 0 Å². The van der Waals surface area contributed by atoms with Gasteiger partial charge in [-0.3, -0.25) is 4.90 Å². The van der Waals surface area contributed by atoms with Gasteiger partial charge in [-0.05, 0) is 25.0 Å². The minimum atomic E-state index is 0.194. The summed E-state index contributed by atoms with van der Waals surface area (Å²) in [4.78, 5) is 2.62. The molecule has 2 rings (SSSR count). The molecule has 0 saturated heterocycles. The number of rotatable bonds is 8. The van der Waals surface area contributed by atoms with E-state index in [0.29, 0.717) is 24.2 Å². The zero-order valence-corrected chi connectivity index (χ0v) is 11.7. The summed E-state index contributed by atoms with van der Waals surface area (Å²) in [6.45, 7) is 2.30. The van der Waals surface area contributed by atoms with E-state index in [-0.39, 0.29) is 6.61 Å². The first-order chi connectivity index (χ1) is 9.22. The molecule has 1 aromatic carbocycles. The minimum Gasteiger partial charge on any atom is -0.492 e. The van der Waals surface area contributed by atoms with E-state index in [1.54, 1.807) is 0 Å². The number of aliphatic hydroxyl groups excluding tert-OH is 1. The van der Waals surface area contributed by atoms with Gasteiger partial charge in [0.2, 0.25) is 0 Å². The van der Waals surface area contributed by atoms with Crippen LogP contribution in [-0.2, 0) is 0 Å². The Bertz CT molecular complexity index is 435. The average Bonchev–Trinajstić information content (AvgIpc) is 3.22. The van der Waals surface area contributed by atoms with Crippen molar-refractivity contribution >= 4 is 17.2 Å². The number of hydrogen-bond acceptors (Lipinski definition) is 4. The van der Waals surface area contributed by atoms with E-state index in [0.717, 1.165) is 17.9 Å². The highest BCUT2D eigenvalue weighted by Crippen LogP contribution is 2.26. The van der Waals surface area contributed by atoms with Gasteiger partial charge >= 0.3 is 0 Å². The van der Waals surface area contributed by atoms with E-state index in [1.807, 2.05) is 24.3 Å². The summed E-state index contributed by atoms with van der Waals surface area (Å²) in [5.74, 6) is 0.731. The highest BCUT2D eigenvalue weighted by molar-refractivity contribution is 7.80. The van der Waals surface area contributed by atoms with Crippen LogP contribution in [0, 0.1) is 0 Å². The number of thiocarbonyl (C=S) groups is 1. The van der Waals surface area contributed by atoms with Crippen molar-refractivity contribution < 1.29 is 9.84 Å². The summed E-state index contributed by atoms with van der Waals surface area (Å²) < 4.78 is 5.76. The molecule has 5 heteroatoms.